The highest BCUT2D eigenvalue weighted by Crippen LogP contribution is 2.47. The normalized spacial score (nSPS) is 23.7. The molecule has 2 aliphatic heterocycles. The maximum absolute atomic E-state index is 13.0. The monoisotopic (exact) mass is 648 g/mol. The van der Waals surface area contributed by atoms with Crippen LogP contribution in [-0.2, 0) is 32.7 Å². The van der Waals surface area contributed by atoms with E-state index in [-0.39, 0.29) is 68.7 Å². The number of aliphatic hydroxyl groups is 1. The number of amides is 2. The van der Waals surface area contributed by atoms with Crippen molar-refractivity contribution in [3.8, 4) is 0 Å². The molecule has 2 saturated heterocycles. The van der Waals surface area contributed by atoms with E-state index in [1.807, 2.05) is 41.5 Å². The minimum atomic E-state index is -4.55. The molecule has 13 nitrogen and oxygen atoms in total. The molecule has 2 aliphatic rings. The molecule has 0 aromatic heterocycles. The lowest BCUT2D eigenvalue weighted by atomic mass is 10.1. The quantitative estimate of drug-likeness (QED) is 0.107. The molecule has 5 atom stereocenters. The number of hydrogen-bond acceptors (Lipinski definition) is 10. The first kappa shape index (κ1) is 38.7. The lowest BCUT2D eigenvalue weighted by Gasteiger charge is -2.26. The van der Waals surface area contributed by atoms with E-state index in [2.05, 4.69) is 10.6 Å². The molecular weight excluding hydrogens is 591 g/mol. The van der Waals surface area contributed by atoms with Crippen LogP contribution in [0.2, 0.25) is 0 Å². The van der Waals surface area contributed by atoms with E-state index in [9.17, 15) is 28.9 Å². The second-order valence-corrected chi connectivity index (χ2v) is 14.3. The summed E-state index contributed by atoms with van der Waals surface area (Å²) in [6.07, 6.45) is 1.17. The molecular formula is C30H57N4O9P. The fraction of sp³-hybridized carbons (Fsp3) is 0.900. The number of ether oxygens (including phenoxy) is 1. The van der Waals surface area contributed by atoms with Gasteiger partial charge in [-0.15, -0.1) is 0 Å². The van der Waals surface area contributed by atoms with Gasteiger partial charge in [-0.1, -0.05) is 27.7 Å². The van der Waals surface area contributed by atoms with Gasteiger partial charge >= 0.3 is 7.82 Å². The molecule has 0 radical (unpaired) electrons. The summed E-state index contributed by atoms with van der Waals surface area (Å²) in [6.45, 7) is 13.6. The second-order valence-electron chi connectivity index (χ2n) is 12.9. The van der Waals surface area contributed by atoms with Crippen LogP contribution in [0.3, 0.4) is 0 Å². The molecule has 0 spiro atoms. The fourth-order valence-electron chi connectivity index (χ4n) is 5.44. The summed E-state index contributed by atoms with van der Waals surface area (Å²) in [7, 11) is -4.55. The average Bonchev–Trinajstić information content (AvgIpc) is 3.51. The first-order chi connectivity index (χ1) is 20.7. The molecule has 2 amide bonds. The summed E-state index contributed by atoms with van der Waals surface area (Å²) in [5, 5.41) is 16.8. The maximum atomic E-state index is 13.0. The average molecular weight is 649 g/mol. The Morgan fingerprint density at radius 1 is 0.818 bits per heavy atom. The predicted octanol–water partition coefficient (Wildman–Crippen LogP) is 2.38. The van der Waals surface area contributed by atoms with Crippen molar-refractivity contribution >= 4 is 25.4 Å². The molecule has 0 aromatic rings. The number of carbonyl (C=O) groups excluding carboxylic acids is 3. The first-order valence-electron chi connectivity index (χ1n) is 16.2. The zero-order valence-corrected chi connectivity index (χ0v) is 28.4. The molecule has 2 heterocycles. The number of Topliss-reactive ketones (excluding diaryl/α,β-unsaturated/α-hetero) is 1. The van der Waals surface area contributed by atoms with E-state index >= 15 is 0 Å². The molecule has 2 rings (SSSR count). The third-order valence-electron chi connectivity index (χ3n) is 7.67. The minimum Gasteiger partial charge on any atom is -0.391 e. The van der Waals surface area contributed by atoms with Gasteiger partial charge in [-0.25, -0.2) is 4.57 Å². The Morgan fingerprint density at radius 2 is 1.39 bits per heavy atom. The number of phosphoric ester groups is 1. The Balaban J connectivity index is 1.87. The first-order valence-corrected chi connectivity index (χ1v) is 17.7. The third kappa shape index (κ3) is 14.8. The van der Waals surface area contributed by atoms with Gasteiger partial charge in [-0.05, 0) is 52.6 Å². The van der Waals surface area contributed by atoms with Crippen molar-refractivity contribution < 1.29 is 42.7 Å². The molecule has 4 N–H and O–H groups in total. The van der Waals surface area contributed by atoms with Gasteiger partial charge < -0.3 is 35.2 Å². The molecule has 2 unspecified atom stereocenters. The largest absolute Gasteiger partial charge is 0.472 e. The van der Waals surface area contributed by atoms with Gasteiger partial charge in [0, 0.05) is 50.9 Å². The number of nitrogens with one attached hydrogen (secondary N) is 2. The highest BCUT2D eigenvalue weighted by molar-refractivity contribution is 7.47. The second kappa shape index (κ2) is 19.3. The zero-order chi connectivity index (χ0) is 32.9. The number of ketones is 1. The highest BCUT2D eigenvalue weighted by atomic mass is 31.2. The Labute approximate surface area is 263 Å². The number of nitrogens with zero attached hydrogens (tertiary/aromatic N) is 2. The summed E-state index contributed by atoms with van der Waals surface area (Å²) in [5.74, 6) is -0.371. The van der Waals surface area contributed by atoms with Crippen LogP contribution in [0.4, 0.5) is 0 Å². The number of β-amino-alcohol motifs (C(OH)–C–C–N with tert-alkyl or cyclic N) is 1. The van der Waals surface area contributed by atoms with Gasteiger partial charge in [-0.2, -0.15) is 0 Å². The number of carbonyl (C=O) groups is 3. The Hall–Kier alpha value is -1.44. The van der Waals surface area contributed by atoms with E-state index in [1.54, 1.807) is 4.90 Å². The van der Waals surface area contributed by atoms with Crippen LogP contribution in [0.1, 0.15) is 92.9 Å². The van der Waals surface area contributed by atoms with Crippen molar-refractivity contribution in [1.29, 1.82) is 0 Å². The smallest absolute Gasteiger partial charge is 0.391 e. The van der Waals surface area contributed by atoms with Crippen molar-refractivity contribution in [3.05, 3.63) is 0 Å². The summed E-state index contributed by atoms with van der Waals surface area (Å²) >= 11 is 0. The number of rotatable bonds is 21. The Morgan fingerprint density at radius 3 is 2.00 bits per heavy atom. The van der Waals surface area contributed by atoms with E-state index in [0.717, 1.165) is 6.54 Å². The Kier molecular flexibility index (Phi) is 17.0. The minimum absolute atomic E-state index is 0.00174. The van der Waals surface area contributed by atoms with Gasteiger partial charge in [0.15, 0.2) is 0 Å². The molecule has 2 fully saturated rings. The van der Waals surface area contributed by atoms with Crippen molar-refractivity contribution in [2.24, 2.45) is 0 Å². The predicted molar refractivity (Wildman–Crippen MR) is 167 cm³/mol. The number of phosphoric acid groups is 1. The van der Waals surface area contributed by atoms with Gasteiger partial charge in [-0.3, -0.25) is 23.4 Å². The number of aliphatic hydroxyl groups excluding tert-OH is 1. The summed E-state index contributed by atoms with van der Waals surface area (Å²) in [5.41, 5.74) is 0. The summed E-state index contributed by atoms with van der Waals surface area (Å²) in [4.78, 5) is 51.8. The SMILES string of the molecule is CC(C)NCCCC(=O)CCC(=O)N1C[C@H](O)C[C@H]1COP(=O)(O)OC1C[C@@H](COC(C)C)N(C(=O)CCCNC(C)C)C1. The van der Waals surface area contributed by atoms with Crippen molar-refractivity contribution in [2.45, 2.75) is 135 Å². The van der Waals surface area contributed by atoms with Crippen molar-refractivity contribution in [1.82, 2.24) is 20.4 Å². The zero-order valence-electron chi connectivity index (χ0n) is 27.5. The van der Waals surface area contributed by atoms with Crippen LogP contribution in [0.5, 0.6) is 0 Å². The molecule has 0 bridgehead atoms. The van der Waals surface area contributed by atoms with Gasteiger partial charge in [0.05, 0.1) is 43.6 Å². The van der Waals surface area contributed by atoms with E-state index < -0.39 is 26.1 Å². The molecule has 0 aromatic carbocycles. The van der Waals surface area contributed by atoms with Crippen LogP contribution in [0, 0.1) is 0 Å². The van der Waals surface area contributed by atoms with Gasteiger partial charge in [0.1, 0.15) is 5.78 Å². The van der Waals surface area contributed by atoms with Gasteiger partial charge in [0.2, 0.25) is 11.8 Å². The van der Waals surface area contributed by atoms with Crippen LogP contribution in [-0.4, -0.2) is 119 Å². The third-order valence-corrected chi connectivity index (χ3v) is 8.71. The molecule has 0 aliphatic carbocycles. The standard InChI is InChI=1S/C30H57N4O9P/c1-21(2)31-13-7-9-26(35)11-12-30(38)33-17-27(36)15-24(33)20-42-44(39,40)43-28-16-25(19-41-23(5)6)34(18-28)29(37)10-8-14-32-22(3)4/h21-25,27-28,31-32,36H,7-20H2,1-6H3,(H,39,40)/t24-,25-,27+,28?/m0/s1. The van der Waals surface area contributed by atoms with E-state index in [4.69, 9.17) is 13.8 Å². The van der Waals surface area contributed by atoms with Crippen LogP contribution in [0.15, 0.2) is 0 Å². The van der Waals surface area contributed by atoms with Crippen molar-refractivity contribution in [2.75, 3.05) is 39.4 Å². The van der Waals surface area contributed by atoms with Crippen molar-refractivity contribution in [3.63, 3.8) is 0 Å². The lowest BCUT2D eigenvalue weighted by Crippen LogP contribution is -2.39. The summed E-state index contributed by atoms with van der Waals surface area (Å²) < 4.78 is 29.5. The lowest BCUT2D eigenvalue weighted by molar-refractivity contribution is -0.134. The summed E-state index contributed by atoms with van der Waals surface area (Å²) in [6, 6.07) is -0.243. The molecule has 0 saturated carbocycles. The molecule has 256 valence electrons. The fourth-order valence-corrected chi connectivity index (χ4v) is 6.39. The molecule has 14 heteroatoms. The number of likely N-dealkylation sites (tertiary alicyclic amines) is 2. The van der Waals surface area contributed by atoms with E-state index in [1.165, 1.54) is 4.90 Å². The van der Waals surface area contributed by atoms with Crippen LogP contribution >= 0.6 is 7.82 Å². The van der Waals surface area contributed by atoms with Crippen LogP contribution in [0.25, 0.3) is 0 Å². The highest BCUT2D eigenvalue weighted by Gasteiger charge is 2.41. The molecule has 44 heavy (non-hydrogen) atoms. The Bertz CT molecular complexity index is 951. The van der Waals surface area contributed by atoms with Gasteiger partial charge in [0.25, 0.3) is 0 Å². The topological polar surface area (TPSA) is 167 Å². The van der Waals surface area contributed by atoms with Crippen LogP contribution < -0.4 is 10.6 Å². The van der Waals surface area contributed by atoms with E-state index in [0.29, 0.717) is 57.3 Å². The number of hydrogen-bond donors (Lipinski definition) is 4. The maximum Gasteiger partial charge on any atom is 0.472 e.